The van der Waals surface area contributed by atoms with Crippen LogP contribution in [0.2, 0.25) is 0 Å². The van der Waals surface area contributed by atoms with Gasteiger partial charge in [0, 0.05) is 25.0 Å². The van der Waals surface area contributed by atoms with Gasteiger partial charge in [0.25, 0.3) is 0 Å². The summed E-state index contributed by atoms with van der Waals surface area (Å²) in [6.45, 7) is 7.44. The van der Waals surface area contributed by atoms with Crippen molar-refractivity contribution in [3.8, 4) is 0 Å². The van der Waals surface area contributed by atoms with E-state index in [-0.39, 0.29) is 5.82 Å². The summed E-state index contributed by atoms with van der Waals surface area (Å²) >= 11 is 0. The summed E-state index contributed by atoms with van der Waals surface area (Å²) in [5.41, 5.74) is 3.49. The van der Waals surface area contributed by atoms with E-state index in [1.807, 2.05) is 12.1 Å². The van der Waals surface area contributed by atoms with Gasteiger partial charge in [0.15, 0.2) is 0 Å². The minimum absolute atomic E-state index is 0.170. The summed E-state index contributed by atoms with van der Waals surface area (Å²) in [4.78, 5) is 7.47. The first-order valence-electron chi connectivity index (χ1n) is 9.55. The van der Waals surface area contributed by atoms with Gasteiger partial charge in [-0.25, -0.2) is 9.37 Å². The van der Waals surface area contributed by atoms with Crippen molar-refractivity contribution in [1.82, 2.24) is 14.5 Å². The fraction of sp³-hybridized carbons (Fsp3) is 0.409. The first kappa shape index (κ1) is 17.2. The van der Waals surface area contributed by atoms with E-state index in [9.17, 15) is 4.39 Å². The van der Waals surface area contributed by atoms with E-state index in [2.05, 4.69) is 47.6 Å². The molecule has 0 spiro atoms. The van der Waals surface area contributed by atoms with Crippen LogP contribution >= 0.6 is 0 Å². The Morgan fingerprint density at radius 3 is 2.65 bits per heavy atom. The summed E-state index contributed by atoms with van der Waals surface area (Å²) in [5.74, 6) is 1.49. The molecule has 1 atom stereocenters. The van der Waals surface area contributed by atoms with Crippen molar-refractivity contribution in [3.63, 3.8) is 0 Å². The van der Waals surface area contributed by atoms with Crippen molar-refractivity contribution in [1.29, 1.82) is 0 Å². The summed E-state index contributed by atoms with van der Waals surface area (Å²) in [6, 6.07) is 15.7. The fourth-order valence-electron chi connectivity index (χ4n) is 4.15. The molecular formula is C22H26FN3. The molecule has 0 aliphatic carbocycles. The molecule has 1 saturated heterocycles. The van der Waals surface area contributed by atoms with Gasteiger partial charge < -0.3 is 4.57 Å². The lowest BCUT2D eigenvalue weighted by Gasteiger charge is -2.33. The zero-order chi connectivity index (χ0) is 18.1. The van der Waals surface area contributed by atoms with Crippen LogP contribution in [0.3, 0.4) is 0 Å². The maximum absolute atomic E-state index is 13.1. The van der Waals surface area contributed by atoms with Gasteiger partial charge >= 0.3 is 0 Å². The molecule has 0 bridgehead atoms. The molecule has 136 valence electrons. The SMILES string of the molecule is CC(C)n1c(C2CCCN(Cc3ccc(F)cc3)C2)nc2ccccc21. The molecule has 1 aromatic heterocycles. The zero-order valence-electron chi connectivity index (χ0n) is 15.5. The molecule has 3 aromatic rings. The Morgan fingerprint density at radius 1 is 1.12 bits per heavy atom. The van der Waals surface area contributed by atoms with E-state index >= 15 is 0 Å². The lowest BCUT2D eigenvalue weighted by atomic mass is 9.96. The molecular weight excluding hydrogens is 325 g/mol. The highest BCUT2D eigenvalue weighted by Gasteiger charge is 2.27. The van der Waals surface area contributed by atoms with Crippen molar-refractivity contribution in [3.05, 3.63) is 65.7 Å². The maximum Gasteiger partial charge on any atom is 0.123 e. The quantitative estimate of drug-likeness (QED) is 0.649. The number of para-hydroxylation sites is 2. The molecule has 2 aromatic carbocycles. The molecule has 1 unspecified atom stereocenters. The van der Waals surface area contributed by atoms with E-state index in [4.69, 9.17) is 4.98 Å². The van der Waals surface area contributed by atoms with Crippen molar-refractivity contribution >= 4 is 11.0 Å². The number of benzene rings is 2. The topological polar surface area (TPSA) is 21.1 Å². The third-order valence-corrected chi connectivity index (χ3v) is 5.33. The number of imidazole rings is 1. The highest BCUT2D eigenvalue weighted by Crippen LogP contribution is 2.32. The van der Waals surface area contributed by atoms with Gasteiger partial charge in [0.05, 0.1) is 11.0 Å². The minimum Gasteiger partial charge on any atom is -0.325 e. The predicted molar refractivity (Wildman–Crippen MR) is 104 cm³/mol. The number of fused-ring (bicyclic) bond motifs is 1. The van der Waals surface area contributed by atoms with E-state index in [0.29, 0.717) is 12.0 Å². The zero-order valence-corrected chi connectivity index (χ0v) is 15.5. The van der Waals surface area contributed by atoms with Crippen molar-refractivity contribution in [2.75, 3.05) is 13.1 Å². The van der Waals surface area contributed by atoms with Crippen LogP contribution in [-0.4, -0.2) is 27.5 Å². The average Bonchev–Trinajstić information content (AvgIpc) is 3.04. The van der Waals surface area contributed by atoms with Gasteiger partial charge in [-0.2, -0.15) is 0 Å². The molecule has 26 heavy (non-hydrogen) atoms. The Balaban J connectivity index is 1.59. The van der Waals surface area contributed by atoms with E-state index < -0.39 is 0 Å². The lowest BCUT2D eigenvalue weighted by molar-refractivity contribution is 0.194. The number of rotatable bonds is 4. The molecule has 3 nitrogen and oxygen atoms in total. The summed E-state index contributed by atoms with van der Waals surface area (Å²) < 4.78 is 15.5. The largest absolute Gasteiger partial charge is 0.325 e. The van der Waals surface area contributed by atoms with Crippen molar-refractivity contribution in [2.45, 2.75) is 45.2 Å². The van der Waals surface area contributed by atoms with Crippen LogP contribution in [0, 0.1) is 5.82 Å². The Kier molecular flexibility index (Phi) is 4.77. The molecule has 2 heterocycles. The number of piperidine rings is 1. The van der Waals surface area contributed by atoms with Gasteiger partial charge in [-0.1, -0.05) is 24.3 Å². The van der Waals surface area contributed by atoms with Crippen molar-refractivity contribution in [2.24, 2.45) is 0 Å². The second-order valence-electron chi connectivity index (χ2n) is 7.62. The second-order valence-corrected chi connectivity index (χ2v) is 7.62. The average molecular weight is 351 g/mol. The molecule has 4 rings (SSSR count). The third kappa shape index (κ3) is 3.38. The van der Waals surface area contributed by atoms with Gasteiger partial charge in [-0.15, -0.1) is 0 Å². The predicted octanol–water partition coefficient (Wildman–Crippen LogP) is 5.14. The van der Waals surface area contributed by atoms with Crippen LogP contribution in [0.1, 0.15) is 50.0 Å². The molecule has 0 N–H and O–H groups in total. The Labute approximate surface area is 154 Å². The van der Waals surface area contributed by atoms with Gasteiger partial charge in [0.1, 0.15) is 11.6 Å². The van der Waals surface area contributed by atoms with Crippen LogP contribution in [0.15, 0.2) is 48.5 Å². The highest BCUT2D eigenvalue weighted by atomic mass is 19.1. The number of aromatic nitrogens is 2. The number of hydrogen-bond donors (Lipinski definition) is 0. The number of hydrogen-bond acceptors (Lipinski definition) is 2. The molecule has 0 amide bonds. The number of nitrogens with zero attached hydrogens (tertiary/aromatic N) is 3. The summed E-state index contributed by atoms with van der Waals surface area (Å²) in [7, 11) is 0. The molecule has 1 aliphatic heterocycles. The molecule has 0 saturated carbocycles. The van der Waals surface area contributed by atoms with E-state index in [1.165, 1.54) is 29.7 Å². The van der Waals surface area contributed by atoms with Crippen LogP contribution < -0.4 is 0 Å². The minimum atomic E-state index is -0.170. The van der Waals surface area contributed by atoms with E-state index in [0.717, 1.165) is 25.2 Å². The first-order chi connectivity index (χ1) is 12.6. The van der Waals surface area contributed by atoms with Crippen LogP contribution in [0.4, 0.5) is 4.39 Å². The highest BCUT2D eigenvalue weighted by molar-refractivity contribution is 5.76. The van der Waals surface area contributed by atoms with Gasteiger partial charge in [-0.3, -0.25) is 4.90 Å². The third-order valence-electron chi connectivity index (χ3n) is 5.33. The normalized spacial score (nSPS) is 18.7. The Morgan fingerprint density at radius 2 is 1.88 bits per heavy atom. The van der Waals surface area contributed by atoms with E-state index in [1.54, 1.807) is 12.1 Å². The summed E-state index contributed by atoms with van der Waals surface area (Å²) in [5, 5.41) is 0. The molecule has 1 aliphatic rings. The maximum atomic E-state index is 13.1. The first-order valence-corrected chi connectivity index (χ1v) is 9.55. The molecule has 0 radical (unpaired) electrons. The molecule has 4 heteroatoms. The van der Waals surface area contributed by atoms with Crippen LogP contribution in [0.25, 0.3) is 11.0 Å². The Bertz CT molecular complexity index is 882. The summed E-state index contributed by atoms with van der Waals surface area (Å²) in [6.07, 6.45) is 2.35. The standard InChI is InChI=1S/C22H26FN3/c1-16(2)26-21-8-4-3-7-20(21)24-22(26)18-6-5-13-25(15-18)14-17-9-11-19(23)12-10-17/h3-4,7-12,16,18H,5-6,13-15H2,1-2H3. The Hall–Kier alpha value is -2.20. The van der Waals surface area contributed by atoms with Crippen molar-refractivity contribution < 1.29 is 4.39 Å². The fourth-order valence-corrected chi connectivity index (χ4v) is 4.15. The lowest BCUT2D eigenvalue weighted by Crippen LogP contribution is -2.35. The van der Waals surface area contributed by atoms with Crippen LogP contribution in [-0.2, 0) is 6.54 Å². The second kappa shape index (κ2) is 7.20. The van der Waals surface area contributed by atoms with Gasteiger partial charge in [0.2, 0.25) is 0 Å². The number of halogens is 1. The van der Waals surface area contributed by atoms with Gasteiger partial charge in [-0.05, 0) is 63.1 Å². The molecule has 1 fully saturated rings. The smallest absolute Gasteiger partial charge is 0.123 e. The van der Waals surface area contributed by atoms with Crippen LogP contribution in [0.5, 0.6) is 0 Å². The number of likely N-dealkylation sites (tertiary alicyclic amines) is 1. The monoisotopic (exact) mass is 351 g/mol.